The van der Waals surface area contributed by atoms with Crippen molar-refractivity contribution in [3.8, 4) is 0 Å². The highest BCUT2D eigenvalue weighted by Gasteiger charge is 2.51. The zero-order chi connectivity index (χ0) is 18.7. The zero-order valence-corrected chi connectivity index (χ0v) is 15.7. The number of carbonyl (C=O) groups is 1. The van der Waals surface area contributed by atoms with Gasteiger partial charge < -0.3 is 10.2 Å². The van der Waals surface area contributed by atoms with Crippen LogP contribution in [0, 0.1) is 6.92 Å². The predicted octanol–water partition coefficient (Wildman–Crippen LogP) is 2.40. The maximum atomic E-state index is 12.7. The molecule has 3 N–H and O–H groups in total. The summed E-state index contributed by atoms with van der Waals surface area (Å²) in [5, 5.41) is 8.27. The standard InChI is InChI=1S/C18H18ClN3O3S/c1-11-8-16(26(20,24)25)13(19)9-15(11)22-7-6-18(10-22)12-4-2-3-5-14(12)21-17(18)23/h2-5,8-9H,6-7,10H2,1H3,(H,21,23)(H2,20,24,25). The van der Waals surface area contributed by atoms with Crippen LogP contribution in [0.4, 0.5) is 11.4 Å². The summed E-state index contributed by atoms with van der Waals surface area (Å²) in [4.78, 5) is 14.7. The average Bonchev–Trinajstić information content (AvgIpc) is 3.13. The third kappa shape index (κ3) is 2.50. The van der Waals surface area contributed by atoms with Crippen LogP contribution >= 0.6 is 11.6 Å². The lowest BCUT2D eigenvalue weighted by Gasteiger charge is -2.25. The molecule has 2 aromatic carbocycles. The first-order valence-corrected chi connectivity index (χ1v) is 10.1. The molecule has 0 aliphatic carbocycles. The second-order valence-electron chi connectivity index (χ2n) is 6.87. The number of sulfonamides is 1. The fraction of sp³-hybridized carbons (Fsp3) is 0.278. The second-order valence-corrected chi connectivity index (χ2v) is 8.80. The first kappa shape index (κ1) is 17.3. The number of aryl methyl sites for hydroxylation is 1. The number of primary sulfonamides is 1. The Balaban J connectivity index is 1.73. The summed E-state index contributed by atoms with van der Waals surface area (Å²) in [7, 11) is -3.88. The highest BCUT2D eigenvalue weighted by Crippen LogP contribution is 2.46. The molecular weight excluding hydrogens is 374 g/mol. The minimum Gasteiger partial charge on any atom is -0.370 e. The summed E-state index contributed by atoms with van der Waals surface area (Å²) in [6.45, 7) is 3.00. The Kier molecular flexibility index (Phi) is 3.80. The number of rotatable bonds is 2. The molecule has 0 radical (unpaired) electrons. The fourth-order valence-electron chi connectivity index (χ4n) is 4.00. The quantitative estimate of drug-likeness (QED) is 0.822. The van der Waals surface area contributed by atoms with Gasteiger partial charge in [0.2, 0.25) is 15.9 Å². The van der Waals surface area contributed by atoms with Crippen LogP contribution < -0.4 is 15.4 Å². The summed E-state index contributed by atoms with van der Waals surface area (Å²) in [6.07, 6.45) is 0.684. The third-order valence-corrected chi connectivity index (χ3v) is 6.67. The van der Waals surface area contributed by atoms with E-state index in [0.29, 0.717) is 19.5 Å². The van der Waals surface area contributed by atoms with Gasteiger partial charge >= 0.3 is 0 Å². The lowest BCUT2D eigenvalue weighted by Crippen LogP contribution is -2.37. The van der Waals surface area contributed by atoms with E-state index in [9.17, 15) is 13.2 Å². The molecule has 8 heteroatoms. The van der Waals surface area contributed by atoms with Crippen molar-refractivity contribution in [3.05, 3.63) is 52.5 Å². The number of hydrogen-bond acceptors (Lipinski definition) is 4. The number of nitrogens with two attached hydrogens (primary N) is 1. The molecular formula is C18H18ClN3O3S. The summed E-state index contributed by atoms with van der Waals surface area (Å²) >= 11 is 6.16. The lowest BCUT2D eigenvalue weighted by molar-refractivity contribution is -0.120. The first-order chi connectivity index (χ1) is 12.2. The van der Waals surface area contributed by atoms with Crippen molar-refractivity contribution in [2.45, 2.75) is 23.7 Å². The number of benzene rings is 2. The van der Waals surface area contributed by atoms with Crippen LogP contribution in [0.3, 0.4) is 0 Å². The number of anilines is 2. The van der Waals surface area contributed by atoms with Gasteiger partial charge in [0, 0.05) is 24.5 Å². The molecule has 1 unspecified atom stereocenters. The van der Waals surface area contributed by atoms with Gasteiger partial charge in [-0.3, -0.25) is 4.79 Å². The molecule has 26 heavy (non-hydrogen) atoms. The minimum absolute atomic E-state index is 0.00565. The highest BCUT2D eigenvalue weighted by atomic mass is 35.5. The van der Waals surface area contributed by atoms with E-state index in [0.717, 1.165) is 22.5 Å². The largest absolute Gasteiger partial charge is 0.370 e. The van der Waals surface area contributed by atoms with E-state index >= 15 is 0 Å². The Morgan fingerprint density at radius 3 is 2.73 bits per heavy atom. The summed E-state index contributed by atoms with van der Waals surface area (Å²) in [5.74, 6) is 0.00565. The van der Waals surface area contributed by atoms with Gasteiger partial charge in [-0.1, -0.05) is 29.8 Å². The number of hydrogen-bond donors (Lipinski definition) is 2. The molecule has 2 aliphatic heterocycles. The lowest BCUT2D eigenvalue weighted by atomic mass is 9.81. The van der Waals surface area contributed by atoms with Crippen molar-refractivity contribution < 1.29 is 13.2 Å². The van der Waals surface area contributed by atoms with Crippen LogP contribution in [0.2, 0.25) is 5.02 Å². The van der Waals surface area contributed by atoms with Crippen molar-refractivity contribution in [3.63, 3.8) is 0 Å². The molecule has 0 aromatic heterocycles. The molecule has 1 spiro atoms. The van der Waals surface area contributed by atoms with Gasteiger partial charge in [0.05, 0.1) is 10.4 Å². The molecule has 1 fully saturated rings. The second kappa shape index (κ2) is 5.70. The number of para-hydroxylation sites is 1. The van der Waals surface area contributed by atoms with Crippen LogP contribution in [0.25, 0.3) is 0 Å². The van der Waals surface area contributed by atoms with Crippen LogP contribution in [-0.4, -0.2) is 27.4 Å². The third-order valence-electron chi connectivity index (χ3n) is 5.29. The van der Waals surface area contributed by atoms with Crippen molar-refractivity contribution >= 4 is 38.9 Å². The van der Waals surface area contributed by atoms with E-state index in [1.807, 2.05) is 31.2 Å². The van der Waals surface area contributed by atoms with Crippen LogP contribution in [0.15, 0.2) is 41.3 Å². The molecule has 0 bridgehead atoms. The van der Waals surface area contributed by atoms with Crippen molar-refractivity contribution in [1.29, 1.82) is 0 Å². The molecule has 136 valence electrons. The molecule has 2 aromatic rings. The summed E-state index contributed by atoms with van der Waals surface area (Å²) in [6, 6.07) is 10.8. The molecule has 4 rings (SSSR count). The van der Waals surface area contributed by atoms with Gasteiger partial charge in [-0.15, -0.1) is 0 Å². The first-order valence-electron chi connectivity index (χ1n) is 8.21. The van der Waals surface area contributed by atoms with E-state index in [4.69, 9.17) is 16.7 Å². The smallest absolute Gasteiger partial charge is 0.239 e. The fourth-order valence-corrected chi connectivity index (χ4v) is 5.15. The van der Waals surface area contributed by atoms with Gasteiger partial charge in [-0.25, -0.2) is 13.6 Å². The molecule has 0 saturated carbocycles. The predicted molar refractivity (Wildman–Crippen MR) is 101 cm³/mol. The van der Waals surface area contributed by atoms with Gasteiger partial charge in [0.1, 0.15) is 4.90 Å². The Labute approximate surface area is 157 Å². The Morgan fingerprint density at radius 2 is 2.00 bits per heavy atom. The maximum Gasteiger partial charge on any atom is 0.239 e. The monoisotopic (exact) mass is 391 g/mol. The van der Waals surface area contributed by atoms with Crippen molar-refractivity contribution in [1.82, 2.24) is 0 Å². The van der Waals surface area contributed by atoms with Crippen LogP contribution in [-0.2, 0) is 20.2 Å². The number of carbonyl (C=O) groups excluding carboxylic acids is 1. The molecule has 1 amide bonds. The highest BCUT2D eigenvalue weighted by molar-refractivity contribution is 7.89. The Bertz CT molecular complexity index is 1040. The van der Waals surface area contributed by atoms with Gasteiger partial charge in [-0.05, 0) is 42.7 Å². The van der Waals surface area contributed by atoms with E-state index < -0.39 is 15.4 Å². The Hall–Kier alpha value is -2.09. The zero-order valence-electron chi connectivity index (χ0n) is 14.1. The topological polar surface area (TPSA) is 92.5 Å². The number of halogens is 1. The van der Waals surface area contributed by atoms with Crippen LogP contribution in [0.1, 0.15) is 17.5 Å². The molecule has 2 aliphatic rings. The minimum atomic E-state index is -3.88. The number of amides is 1. The van der Waals surface area contributed by atoms with Crippen molar-refractivity contribution in [2.24, 2.45) is 5.14 Å². The van der Waals surface area contributed by atoms with Gasteiger partial charge in [0.15, 0.2) is 0 Å². The summed E-state index contributed by atoms with van der Waals surface area (Å²) in [5.41, 5.74) is 2.85. The van der Waals surface area contributed by atoms with E-state index in [2.05, 4.69) is 10.2 Å². The van der Waals surface area contributed by atoms with E-state index in [-0.39, 0.29) is 15.8 Å². The molecule has 1 saturated heterocycles. The van der Waals surface area contributed by atoms with E-state index in [1.165, 1.54) is 6.07 Å². The van der Waals surface area contributed by atoms with Gasteiger partial charge in [0.25, 0.3) is 0 Å². The molecule has 2 heterocycles. The van der Waals surface area contributed by atoms with Crippen LogP contribution in [0.5, 0.6) is 0 Å². The summed E-state index contributed by atoms with van der Waals surface area (Å²) < 4.78 is 23.3. The maximum absolute atomic E-state index is 12.7. The normalized spacial score (nSPS) is 22.0. The SMILES string of the molecule is Cc1cc(S(N)(=O)=O)c(Cl)cc1N1CCC2(C1)C(=O)Nc1ccccc12. The average molecular weight is 392 g/mol. The van der Waals surface area contributed by atoms with E-state index in [1.54, 1.807) is 6.07 Å². The Morgan fingerprint density at radius 1 is 1.27 bits per heavy atom. The number of fused-ring (bicyclic) bond motifs is 2. The number of nitrogens with zero attached hydrogens (tertiary/aromatic N) is 1. The molecule has 1 atom stereocenters. The van der Waals surface area contributed by atoms with Crippen molar-refractivity contribution in [2.75, 3.05) is 23.3 Å². The molecule has 6 nitrogen and oxygen atoms in total. The van der Waals surface area contributed by atoms with Gasteiger partial charge in [-0.2, -0.15) is 0 Å². The number of nitrogens with one attached hydrogen (secondary N) is 1.